The van der Waals surface area contributed by atoms with Gasteiger partial charge in [0.15, 0.2) is 0 Å². The summed E-state index contributed by atoms with van der Waals surface area (Å²) in [4.78, 5) is 17.1. The summed E-state index contributed by atoms with van der Waals surface area (Å²) in [7, 11) is 1.63. The maximum absolute atomic E-state index is 13.1. The lowest BCUT2D eigenvalue weighted by atomic mass is 10.2. The van der Waals surface area contributed by atoms with E-state index in [4.69, 9.17) is 32.7 Å². The average Bonchev–Trinajstić information content (AvgIpc) is 2.74. The molecule has 1 heterocycles. The average molecular weight is 438 g/mol. The van der Waals surface area contributed by atoms with Gasteiger partial charge in [-0.15, -0.1) is 0 Å². The molecular weight excluding hydrogens is 413 g/mol. The van der Waals surface area contributed by atoms with Crippen molar-refractivity contribution in [2.75, 3.05) is 51.8 Å². The van der Waals surface area contributed by atoms with Gasteiger partial charge >= 0.3 is 6.03 Å². The molecule has 2 aromatic rings. The number of nitrogens with zero attached hydrogens (tertiary/aromatic N) is 2. The van der Waals surface area contributed by atoms with Crippen molar-refractivity contribution in [1.82, 2.24) is 9.80 Å². The van der Waals surface area contributed by atoms with E-state index in [1.54, 1.807) is 30.2 Å². The van der Waals surface area contributed by atoms with Crippen molar-refractivity contribution >= 4 is 34.9 Å². The number of anilines is 1. The molecule has 0 atom stereocenters. The van der Waals surface area contributed by atoms with Crippen molar-refractivity contribution in [2.24, 2.45) is 0 Å². The fourth-order valence-corrected chi connectivity index (χ4v) is 3.50. The Morgan fingerprint density at radius 1 is 1.21 bits per heavy atom. The third kappa shape index (κ3) is 6.24. The van der Waals surface area contributed by atoms with E-state index in [9.17, 15) is 4.79 Å². The Bertz CT molecular complexity index is 829. The van der Waals surface area contributed by atoms with Crippen LogP contribution in [-0.2, 0) is 11.3 Å². The number of nitrogens with one attached hydrogen (secondary N) is 1. The zero-order valence-electron chi connectivity index (χ0n) is 16.4. The highest BCUT2D eigenvalue weighted by atomic mass is 35.5. The first-order valence-electron chi connectivity index (χ1n) is 9.50. The number of carbonyl (C=O) groups excluding carboxylic acids is 1. The number of rotatable bonds is 7. The molecule has 29 heavy (non-hydrogen) atoms. The minimum absolute atomic E-state index is 0.242. The number of hydrogen-bond donors (Lipinski definition) is 1. The summed E-state index contributed by atoms with van der Waals surface area (Å²) in [6.45, 7) is 4.90. The fraction of sp³-hybridized carbons (Fsp3) is 0.381. The zero-order chi connectivity index (χ0) is 20.6. The second-order valence-corrected chi connectivity index (χ2v) is 7.59. The summed E-state index contributed by atoms with van der Waals surface area (Å²) in [6.07, 6.45) is 0. The Morgan fingerprint density at radius 2 is 1.97 bits per heavy atom. The monoisotopic (exact) mass is 437 g/mol. The van der Waals surface area contributed by atoms with Gasteiger partial charge in [-0.3, -0.25) is 4.90 Å². The van der Waals surface area contributed by atoms with Gasteiger partial charge in [0.1, 0.15) is 5.75 Å². The summed E-state index contributed by atoms with van der Waals surface area (Å²) in [6, 6.07) is 12.4. The van der Waals surface area contributed by atoms with Gasteiger partial charge in [0.2, 0.25) is 0 Å². The molecule has 0 spiro atoms. The summed E-state index contributed by atoms with van der Waals surface area (Å²) in [5, 5.41) is 3.83. The number of benzene rings is 2. The number of halogens is 2. The van der Waals surface area contributed by atoms with Crippen molar-refractivity contribution in [3.05, 3.63) is 58.1 Å². The molecule has 0 bridgehead atoms. The SMILES string of the molecule is COc1ccccc1CN(CCN1CCOCC1)C(=O)Nc1cc(Cl)ccc1Cl. The summed E-state index contributed by atoms with van der Waals surface area (Å²) >= 11 is 12.3. The number of hydrogen-bond acceptors (Lipinski definition) is 4. The highest BCUT2D eigenvalue weighted by Crippen LogP contribution is 2.26. The van der Waals surface area contributed by atoms with Gasteiger partial charge in [-0.1, -0.05) is 41.4 Å². The second kappa shape index (κ2) is 10.7. The molecule has 6 nitrogen and oxygen atoms in total. The largest absolute Gasteiger partial charge is 0.496 e. The number of methoxy groups -OCH3 is 1. The van der Waals surface area contributed by atoms with Crippen LogP contribution in [0.15, 0.2) is 42.5 Å². The van der Waals surface area contributed by atoms with Gasteiger partial charge in [-0.25, -0.2) is 4.79 Å². The number of amides is 2. The Balaban J connectivity index is 1.74. The van der Waals surface area contributed by atoms with E-state index in [1.807, 2.05) is 24.3 Å². The lowest BCUT2D eigenvalue weighted by Crippen LogP contribution is -2.44. The predicted molar refractivity (Wildman–Crippen MR) is 116 cm³/mol. The van der Waals surface area contributed by atoms with Crippen LogP contribution in [0.1, 0.15) is 5.56 Å². The molecular formula is C21H25Cl2N3O3. The molecule has 2 aromatic carbocycles. The molecule has 156 valence electrons. The molecule has 1 aliphatic rings. The Kier molecular flexibility index (Phi) is 8.00. The second-order valence-electron chi connectivity index (χ2n) is 6.74. The van der Waals surface area contributed by atoms with E-state index in [-0.39, 0.29) is 6.03 Å². The Hall–Kier alpha value is -1.99. The smallest absolute Gasteiger partial charge is 0.322 e. The summed E-state index contributed by atoms with van der Waals surface area (Å²) in [5.74, 6) is 0.748. The van der Waals surface area contributed by atoms with E-state index in [1.165, 1.54) is 0 Å². The molecule has 1 saturated heterocycles. The number of carbonyl (C=O) groups is 1. The van der Waals surface area contributed by atoms with Crippen molar-refractivity contribution in [1.29, 1.82) is 0 Å². The van der Waals surface area contributed by atoms with Crippen LogP contribution in [0.5, 0.6) is 5.75 Å². The van der Waals surface area contributed by atoms with Gasteiger partial charge < -0.3 is 19.7 Å². The predicted octanol–water partition coefficient (Wildman–Crippen LogP) is 4.37. The maximum atomic E-state index is 13.1. The highest BCUT2D eigenvalue weighted by Gasteiger charge is 2.19. The van der Waals surface area contributed by atoms with Gasteiger partial charge in [0, 0.05) is 36.8 Å². The van der Waals surface area contributed by atoms with E-state index in [0.717, 1.165) is 44.2 Å². The number of morpholine rings is 1. The van der Waals surface area contributed by atoms with Gasteiger partial charge in [-0.2, -0.15) is 0 Å². The third-order valence-corrected chi connectivity index (χ3v) is 5.37. The van der Waals surface area contributed by atoms with Crippen molar-refractivity contribution in [2.45, 2.75) is 6.54 Å². The molecule has 0 saturated carbocycles. The van der Waals surface area contributed by atoms with E-state index in [0.29, 0.717) is 28.8 Å². The highest BCUT2D eigenvalue weighted by molar-refractivity contribution is 6.35. The molecule has 0 aliphatic carbocycles. The van der Waals surface area contributed by atoms with Crippen LogP contribution in [-0.4, -0.2) is 62.3 Å². The number of para-hydroxylation sites is 1. The molecule has 0 unspecified atom stereocenters. The molecule has 0 radical (unpaired) electrons. The van der Waals surface area contributed by atoms with Crippen LogP contribution in [0, 0.1) is 0 Å². The zero-order valence-corrected chi connectivity index (χ0v) is 17.9. The van der Waals surface area contributed by atoms with Gasteiger partial charge in [-0.05, 0) is 24.3 Å². The summed E-state index contributed by atoms with van der Waals surface area (Å²) < 4.78 is 10.9. The topological polar surface area (TPSA) is 54.0 Å². The molecule has 1 N–H and O–H groups in total. The molecule has 1 aliphatic heterocycles. The van der Waals surface area contributed by atoms with Crippen LogP contribution >= 0.6 is 23.2 Å². The normalized spacial score (nSPS) is 14.4. The quantitative estimate of drug-likeness (QED) is 0.698. The van der Waals surface area contributed by atoms with Crippen LogP contribution in [0.3, 0.4) is 0 Å². The first-order valence-corrected chi connectivity index (χ1v) is 10.3. The molecule has 2 amide bonds. The molecule has 1 fully saturated rings. The lowest BCUT2D eigenvalue weighted by Gasteiger charge is -2.30. The fourth-order valence-electron chi connectivity index (χ4n) is 3.17. The molecule has 0 aromatic heterocycles. The van der Waals surface area contributed by atoms with Crippen LogP contribution < -0.4 is 10.1 Å². The summed E-state index contributed by atoms with van der Waals surface area (Å²) in [5.41, 5.74) is 1.42. The number of ether oxygens (including phenoxy) is 2. The molecule has 3 rings (SSSR count). The first-order chi connectivity index (χ1) is 14.1. The van der Waals surface area contributed by atoms with Gasteiger partial charge in [0.05, 0.1) is 37.6 Å². The number of urea groups is 1. The minimum Gasteiger partial charge on any atom is -0.496 e. The third-order valence-electron chi connectivity index (χ3n) is 4.80. The van der Waals surface area contributed by atoms with Crippen LogP contribution in [0.4, 0.5) is 10.5 Å². The van der Waals surface area contributed by atoms with Crippen LogP contribution in [0.2, 0.25) is 10.0 Å². The molecule has 8 heteroatoms. The first kappa shape index (κ1) is 21.7. The van der Waals surface area contributed by atoms with Crippen molar-refractivity contribution in [3.8, 4) is 5.75 Å². The van der Waals surface area contributed by atoms with E-state index in [2.05, 4.69) is 10.2 Å². The Labute approximate surface area is 181 Å². The maximum Gasteiger partial charge on any atom is 0.322 e. The minimum atomic E-state index is -0.242. The standard InChI is InChI=1S/C21H25Cl2N3O3/c1-28-20-5-3-2-4-16(20)15-26(9-8-25-10-12-29-13-11-25)21(27)24-19-14-17(22)6-7-18(19)23/h2-7,14H,8-13,15H2,1H3,(H,24,27). The van der Waals surface area contributed by atoms with Crippen LogP contribution in [0.25, 0.3) is 0 Å². The Morgan fingerprint density at radius 3 is 2.72 bits per heavy atom. The van der Waals surface area contributed by atoms with Crippen molar-refractivity contribution in [3.63, 3.8) is 0 Å². The van der Waals surface area contributed by atoms with Crippen molar-refractivity contribution < 1.29 is 14.3 Å². The lowest BCUT2D eigenvalue weighted by molar-refractivity contribution is 0.0349. The van der Waals surface area contributed by atoms with Gasteiger partial charge in [0.25, 0.3) is 0 Å². The van der Waals surface area contributed by atoms with E-state index < -0.39 is 0 Å². The van der Waals surface area contributed by atoms with E-state index >= 15 is 0 Å².